The quantitative estimate of drug-likeness (QED) is 0.269. The highest BCUT2D eigenvalue weighted by molar-refractivity contribution is 7.89. The van der Waals surface area contributed by atoms with Crippen molar-refractivity contribution in [2.24, 2.45) is 0 Å². The van der Waals surface area contributed by atoms with Crippen LogP contribution in [0.2, 0.25) is 0 Å². The predicted molar refractivity (Wildman–Crippen MR) is 159 cm³/mol. The number of methoxy groups -OCH3 is 3. The summed E-state index contributed by atoms with van der Waals surface area (Å²) < 4.78 is 57.7. The number of anilines is 5. The lowest BCUT2D eigenvalue weighted by Gasteiger charge is -2.34. The molecule has 2 heterocycles. The number of piperazine rings is 1. The molecular weight excluding hydrogens is 563 g/mol. The van der Waals surface area contributed by atoms with E-state index < -0.39 is 15.8 Å². The summed E-state index contributed by atoms with van der Waals surface area (Å²) in [5, 5.41) is 6.33. The summed E-state index contributed by atoms with van der Waals surface area (Å²) in [5.41, 5.74) is 1.22. The smallest absolute Gasteiger partial charge is 0.243 e. The van der Waals surface area contributed by atoms with E-state index >= 15 is 0 Å². The summed E-state index contributed by atoms with van der Waals surface area (Å²) in [6.07, 6.45) is 0. The molecule has 0 saturated carbocycles. The van der Waals surface area contributed by atoms with Crippen molar-refractivity contribution in [3.8, 4) is 17.2 Å². The van der Waals surface area contributed by atoms with E-state index in [-0.39, 0.29) is 23.7 Å². The average molecular weight is 595 g/mol. The Hall–Kier alpha value is -4.62. The summed E-state index contributed by atoms with van der Waals surface area (Å²) in [7, 11) is 0.862. The fourth-order valence-electron chi connectivity index (χ4n) is 4.47. The van der Waals surface area contributed by atoms with Gasteiger partial charge in [0.05, 0.1) is 26.2 Å². The lowest BCUT2D eigenvalue weighted by Crippen LogP contribution is -2.49. The van der Waals surface area contributed by atoms with Gasteiger partial charge in [-0.15, -0.1) is 0 Å². The van der Waals surface area contributed by atoms with E-state index in [9.17, 15) is 12.8 Å². The second-order valence-corrected chi connectivity index (χ2v) is 11.3. The van der Waals surface area contributed by atoms with Crippen molar-refractivity contribution < 1.29 is 27.0 Å². The highest BCUT2D eigenvalue weighted by atomic mass is 32.2. The molecule has 0 amide bonds. The molecule has 2 N–H and O–H groups in total. The van der Waals surface area contributed by atoms with Crippen LogP contribution < -0.4 is 29.7 Å². The van der Waals surface area contributed by atoms with Crippen molar-refractivity contribution >= 4 is 39.0 Å². The highest BCUT2D eigenvalue weighted by Crippen LogP contribution is 2.28. The molecule has 220 valence electrons. The molecule has 42 heavy (non-hydrogen) atoms. The van der Waals surface area contributed by atoms with Crippen molar-refractivity contribution in [3.05, 3.63) is 78.6 Å². The lowest BCUT2D eigenvalue weighted by atomic mass is 10.3. The minimum absolute atomic E-state index is 0.133. The zero-order chi connectivity index (χ0) is 29.7. The molecule has 0 unspecified atom stereocenters. The first-order valence-electron chi connectivity index (χ1n) is 13.1. The van der Waals surface area contributed by atoms with E-state index in [0.29, 0.717) is 47.9 Å². The van der Waals surface area contributed by atoms with E-state index in [1.807, 2.05) is 29.2 Å². The molecule has 3 aromatic carbocycles. The Kier molecular flexibility index (Phi) is 8.59. The van der Waals surface area contributed by atoms with Crippen molar-refractivity contribution in [2.75, 3.05) is 63.0 Å². The fourth-order valence-corrected chi connectivity index (χ4v) is 5.89. The number of hydrogen-bond donors (Lipinski definition) is 2. The summed E-state index contributed by atoms with van der Waals surface area (Å²) in [6.45, 7) is 1.36. The maximum atomic E-state index is 14.4. The number of ether oxygens (including phenoxy) is 3. The van der Waals surface area contributed by atoms with E-state index in [4.69, 9.17) is 19.2 Å². The van der Waals surface area contributed by atoms with Crippen LogP contribution >= 0.6 is 0 Å². The molecule has 13 heteroatoms. The topological polar surface area (TPSA) is 118 Å². The monoisotopic (exact) mass is 594 g/mol. The number of rotatable bonds is 10. The molecule has 1 aliphatic rings. The van der Waals surface area contributed by atoms with Gasteiger partial charge < -0.3 is 29.7 Å². The average Bonchev–Trinajstić information content (AvgIpc) is 3.01. The van der Waals surface area contributed by atoms with Gasteiger partial charge in [-0.05, 0) is 60.7 Å². The Balaban J connectivity index is 1.38. The number of hydrogen-bond acceptors (Lipinski definition) is 10. The van der Waals surface area contributed by atoms with E-state index in [0.717, 1.165) is 5.69 Å². The van der Waals surface area contributed by atoms with Crippen molar-refractivity contribution in [3.63, 3.8) is 0 Å². The normalized spacial score (nSPS) is 13.9. The van der Waals surface area contributed by atoms with Crippen LogP contribution in [0.4, 0.5) is 33.3 Å². The van der Waals surface area contributed by atoms with E-state index in [1.165, 1.54) is 30.7 Å². The molecule has 11 nitrogen and oxygen atoms in total. The van der Waals surface area contributed by atoms with Crippen LogP contribution in [0.1, 0.15) is 0 Å². The first kappa shape index (κ1) is 28.9. The van der Waals surface area contributed by atoms with Crippen LogP contribution in [0.25, 0.3) is 0 Å². The first-order valence-corrected chi connectivity index (χ1v) is 14.5. The van der Waals surface area contributed by atoms with Crippen LogP contribution in [0.5, 0.6) is 17.2 Å². The summed E-state index contributed by atoms with van der Waals surface area (Å²) in [5.74, 6) is 2.23. The van der Waals surface area contributed by atoms with Crippen LogP contribution in [-0.4, -0.2) is 70.2 Å². The van der Waals surface area contributed by atoms with Gasteiger partial charge in [0.2, 0.25) is 16.0 Å². The molecule has 1 fully saturated rings. The van der Waals surface area contributed by atoms with Gasteiger partial charge in [-0.25, -0.2) is 12.8 Å². The van der Waals surface area contributed by atoms with Crippen LogP contribution in [0.15, 0.2) is 77.7 Å². The van der Waals surface area contributed by atoms with Gasteiger partial charge in [0.15, 0.2) is 11.6 Å². The van der Waals surface area contributed by atoms with Gasteiger partial charge in [0.1, 0.15) is 23.1 Å². The van der Waals surface area contributed by atoms with Gasteiger partial charge >= 0.3 is 0 Å². The van der Waals surface area contributed by atoms with Gasteiger partial charge in [-0.1, -0.05) is 0 Å². The third-order valence-electron chi connectivity index (χ3n) is 6.74. The molecule has 1 aliphatic heterocycles. The molecule has 1 aromatic heterocycles. The Morgan fingerprint density at radius 3 is 1.95 bits per heavy atom. The number of benzene rings is 3. The van der Waals surface area contributed by atoms with E-state index in [2.05, 4.69) is 15.6 Å². The number of sulfonamides is 1. The van der Waals surface area contributed by atoms with Crippen molar-refractivity contribution in [2.45, 2.75) is 4.90 Å². The number of nitrogens with one attached hydrogen (secondary N) is 2. The SMILES string of the molecule is COc1ccc(Nc2nc(Nc3ccc(OC)c(F)c3)cc(N3CCN(S(=O)(=O)c4ccc(OC)cc4)CC3)n2)cc1. The van der Waals surface area contributed by atoms with Gasteiger partial charge in [0.25, 0.3) is 0 Å². The largest absolute Gasteiger partial charge is 0.497 e. The minimum Gasteiger partial charge on any atom is -0.497 e. The maximum Gasteiger partial charge on any atom is 0.243 e. The van der Waals surface area contributed by atoms with Gasteiger partial charge in [-0.2, -0.15) is 14.3 Å². The second kappa shape index (κ2) is 12.5. The molecule has 0 bridgehead atoms. The lowest BCUT2D eigenvalue weighted by molar-refractivity contribution is 0.383. The Morgan fingerprint density at radius 2 is 1.36 bits per heavy atom. The zero-order valence-electron chi connectivity index (χ0n) is 23.4. The Bertz CT molecular complexity index is 1630. The number of halogens is 1. The second-order valence-electron chi connectivity index (χ2n) is 9.33. The summed E-state index contributed by atoms with van der Waals surface area (Å²) >= 11 is 0. The molecule has 1 saturated heterocycles. The zero-order valence-corrected chi connectivity index (χ0v) is 24.2. The minimum atomic E-state index is -3.67. The molecule has 0 atom stereocenters. The molecular formula is C29H31FN6O5S. The fraction of sp³-hybridized carbons (Fsp3) is 0.241. The first-order chi connectivity index (χ1) is 20.3. The maximum absolute atomic E-state index is 14.4. The molecule has 0 aliphatic carbocycles. The van der Waals surface area contributed by atoms with Crippen LogP contribution in [0.3, 0.4) is 0 Å². The summed E-state index contributed by atoms with van der Waals surface area (Å²) in [6, 6.07) is 19.9. The Labute approximate surface area is 243 Å². The van der Waals surface area contributed by atoms with Crippen LogP contribution in [0, 0.1) is 5.82 Å². The molecule has 4 aromatic rings. The molecule has 5 rings (SSSR count). The van der Waals surface area contributed by atoms with Crippen molar-refractivity contribution in [1.82, 2.24) is 14.3 Å². The van der Waals surface area contributed by atoms with Crippen LogP contribution in [-0.2, 0) is 10.0 Å². The third-order valence-corrected chi connectivity index (χ3v) is 8.66. The number of nitrogens with zero attached hydrogens (tertiary/aromatic N) is 4. The van der Waals surface area contributed by atoms with Crippen molar-refractivity contribution in [1.29, 1.82) is 0 Å². The number of aromatic nitrogens is 2. The van der Waals surface area contributed by atoms with E-state index in [1.54, 1.807) is 43.5 Å². The molecule has 0 spiro atoms. The van der Waals surface area contributed by atoms with Gasteiger partial charge in [-0.3, -0.25) is 0 Å². The predicted octanol–water partition coefficient (Wildman–Crippen LogP) is 4.64. The highest BCUT2D eigenvalue weighted by Gasteiger charge is 2.29. The molecule has 0 radical (unpaired) electrons. The standard InChI is InChI=1S/C29H31FN6O5S/c1-39-22-7-4-20(5-8-22)32-29-33-27(31-21-6-13-26(41-3)25(30)18-21)19-28(34-29)35-14-16-36(17-15-35)42(37,38)24-11-9-23(40-2)10-12-24/h4-13,18-19H,14-17H2,1-3H3,(H2,31,32,33,34). The Morgan fingerprint density at radius 1 is 0.738 bits per heavy atom. The van der Waals surface area contributed by atoms with Gasteiger partial charge in [0, 0.05) is 49.7 Å². The summed E-state index contributed by atoms with van der Waals surface area (Å²) in [4.78, 5) is 11.5. The third kappa shape index (κ3) is 6.47.